The van der Waals surface area contributed by atoms with Crippen molar-refractivity contribution in [1.29, 1.82) is 0 Å². The third-order valence-corrected chi connectivity index (χ3v) is 4.23. The number of benzene rings is 1. The zero-order valence-corrected chi connectivity index (χ0v) is 13.9. The van der Waals surface area contributed by atoms with Gasteiger partial charge in [0, 0.05) is 36.3 Å². The minimum atomic E-state index is -0.0885. The van der Waals surface area contributed by atoms with E-state index in [9.17, 15) is 9.59 Å². The first kappa shape index (κ1) is 17.9. The number of rotatable bonds is 7. The highest BCUT2D eigenvalue weighted by Gasteiger charge is 2.27. The normalized spacial score (nSPS) is 19.5. The third kappa shape index (κ3) is 4.55. The molecule has 2 amide bonds. The molecule has 0 heterocycles. The predicted octanol–water partition coefficient (Wildman–Crippen LogP) is 2.57. The minimum absolute atomic E-state index is 0.00182. The van der Waals surface area contributed by atoms with Crippen LogP contribution >= 0.6 is 0 Å². The van der Waals surface area contributed by atoms with E-state index in [0.717, 1.165) is 19.3 Å². The highest BCUT2D eigenvalue weighted by atomic mass is 16.2. The van der Waals surface area contributed by atoms with Gasteiger partial charge in [0.15, 0.2) is 0 Å². The van der Waals surface area contributed by atoms with Gasteiger partial charge in [-0.1, -0.05) is 12.2 Å². The zero-order chi connectivity index (χ0) is 17.5. The summed E-state index contributed by atoms with van der Waals surface area (Å²) in [6, 6.07) is 7.07. The molecular weight excluding hydrogens is 302 g/mol. The molecule has 1 aromatic carbocycles. The van der Waals surface area contributed by atoms with Crippen molar-refractivity contribution in [2.75, 3.05) is 18.4 Å². The molecule has 128 valence electrons. The maximum absolute atomic E-state index is 12.4. The summed E-state index contributed by atoms with van der Waals surface area (Å²) in [5.41, 5.74) is 7.11. The van der Waals surface area contributed by atoms with Crippen LogP contribution in [0.5, 0.6) is 0 Å². The van der Waals surface area contributed by atoms with Crippen LogP contribution in [0.2, 0.25) is 0 Å². The summed E-state index contributed by atoms with van der Waals surface area (Å²) in [5, 5.41) is 2.90. The number of nitrogens with one attached hydrogen (secondary N) is 1. The first-order valence-corrected chi connectivity index (χ1v) is 8.22. The van der Waals surface area contributed by atoms with Crippen LogP contribution in [0.25, 0.3) is 0 Å². The van der Waals surface area contributed by atoms with E-state index < -0.39 is 0 Å². The Labute approximate surface area is 143 Å². The van der Waals surface area contributed by atoms with Crippen molar-refractivity contribution in [3.63, 3.8) is 0 Å². The van der Waals surface area contributed by atoms with Crippen molar-refractivity contribution in [3.05, 3.63) is 55.1 Å². The summed E-state index contributed by atoms with van der Waals surface area (Å²) < 4.78 is 0. The summed E-state index contributed by atoms with van der Waals surface area (Å²) >= 11 is 0. The van der Waals surface area contributed by atoms with Crippen LogP contribution in [0.15, 0.2) is 49.6 Å². The van der Waals surface area contributed by atoms with Gasteiger partial charge in [0.05, 0.1) is 0 Å². The smallest absolute Gasteiger partial charge is 0.254 e. The fourth-order valence-corrected chi connectivity index (χ4v) is 2.93. The highest BCUT2D eigenvalue weighted by molar-refractivity contribution is 5.96. The van der Waals surface area contributed by atoms with Crippen molar-refractivity contribution in [1.82, 2.24) is 4.90 Å². The van der Waals surface area contributed by atoms with E-state index in [2.05, 4.69) is 18.5 Å². The van der Waals surface area contributed by atoms with Crippen LogP contribution in [0, 0.1) is 5.92 Å². The Morgan fingerprint density at radius 1 is 1.17 bits per heavy atom. The second-order valence-electron chi connectivity index (χ2n) is 6.12. The number of nitrogens with zero attached hydrogens (tertiary/aromatic N) is 1. The first-order valence-electron chi connectivity index (χ1n) is 8.22. The molecule has 2 unspecified atom stereocenters. The third-order valence-electron chi connectivity index (χ3n) is 4.23. The van der Waals surface area contributed by atoms with Crippen LogP contribution in [-0.4, -0.2) is 35.8 Å². The molecule has 0 aliphatic heterocycles. The second kappa shape index (κ2) is 8.45. The average molecular weight is 327 g/mol. The molecule has 0 bridgehead atoms. The van der Waals surface area contributed by atoms with Crippen molar-refractivity contribution < 1.29 is 9.59 Å². The molecule has 0 spiro atoms. The number of carbonyl (C=O) groups excluding carboxylic acids is 2. The van der Waals surface area contributed by atoms with E-state index >= 15 is 0 Å². The zero-order valence-electron chi connectivity index (χ0n) is 13.9. The lowest BCUT2D eigenvalue weighted by molar-refractivity contribution is -0.119. The molecule has 1 fully saturated rings. The molecule has 0 radical (unpaired) electrons. The lowest BCUT2D eigenvalue weighted by Gasteiger charge is -2.19. The van der Waals surface area contributed by atoms with E-state index in [1.54, 1.807) is 41.3 Å². The fourth-order valence-electron chi connectivity index (χ4n) is 2.93. The molecule has 0 aromatic heterocycles. The topological polar surface area (TPSA) is 75.4 Å². The first-order chi connectivity index (χ1) is 11.5. The van der Waals surface area contributed by atoms with E-state index in [4.69, 9.17) is 5.73 Å². The van der Waals surface area contributed by atoms with Crippen LogP contribution in [0.3, 0.4) is 0 Å². The van der Waals surface area contributed by atoms with E-state index in [-0.39, 0.29) is 23.8 Å². The summed E-state index contributed by atoms with van der Waals surface area (Å²) in [6.45, 7) is 8.26. The molecule has 24 heavy (non-hydrogen) atoms. The van der Waals surface area contributed by atoms with Gasteiger partial charge in [-0.05, 0) is 43.5 Å². The van der Waals surface area contributed by atoms with E-state index in [1.165, 1.54) is 0 Å². The Kier molecular flexibility index (Phi) is 6.32. The highest BCUT2D eigenvalue weighted by Crippen LogP contribution is 2.25. The molecule has 1 aliphatic rings. The van der Waals surface area contributed by atoms with Gasteiger partial charge in [0.2, 0.25) is 5.91 Å². The van der Waals surface area contributed by atoms with Crippen LogP contribution in [-0.2, 0) is 4.79 Å². The van der Waals surface area contributed by atoms with Gasteiger partial charge in [-0.15, -0.1) is 13.2 Å². The Morgan fingerprint density at radius 2 is 1.79 bits per heavy atom. The van der Waals surface area contributed by atoms with Crippen molar-refractivity contribution in [3.8, 4) is 0 Å². The van der Waals surface area contributed by atoms with Gasteiger partial charge in [0.1, 0.15) is 0 Å². The van der Waals surface area contributed by atoms with E-state index in [0.29, 0.717) is 24.3 Å². The van der Waals surface area contributed by atoms with Gasteiger partial charge >= 0.3 is 0 Å². The average Bonchev–Trinajstić information content (AvgIpc) is 3.01. The number of nitrogens with two attached hydrogens (primary N) is 1. The van der Waals surface area contributed by atoms with Gasteiger partial charge < -0.3 is 16.0 Å². The summed E-state index contributed by atoms with van der Waals surface area (Å²) in [4.78, 5) is 26.3. The molecule has 5 heteroatoms. The summed E-state index contributed by atoms with van der Waals surface area (Å²) in [5.74, 6) is -0.103. The lowest BCUT2D eigenvalue weighted by Crippen LogP contribution is -2.31. The van der Waals surface area contributed by atoms with Gasteiger partial charge in [-0.2, -0.15) is 0 Å². The number of carbonyl (C=O) groups is 2. The van der Waals surface area contributed by atoms with Gasteiger partial charge in [-0.25, -0.2) is 0 Å². The maximum atomic E-state index is 12.4. The molecule has 2 atom stereocenters. The summed E-state index contributed by atoms with van der Waals surface area (Å²) in [7, 11) is 0. The van der Waals surface area contributed by atoms with Crippen molar-refractivity contribution in [2.45, 2.75) is 25.3 Å². The number of hydrogen-bond donors (Lipinski definition) is 2. The Bertz CT molecular complexity index is 600. The lowest BCUT2D eigenvalue weighted by atomic mass is 10.1. The SMILES string of the molecule is C=CCN(CC=C)C(=O)c1ccc(NC(=O)C2CCC(N)C2)cc1. The molecule has 5 nitrogen and oxygen atoms in total. The van der Waals surface area contributed by atoms with Gasteiger partial charge in [0.25, 0.3) is 5.91 Å². The van der Waals surface area contributed by atoms with Gasteiger partial charge in [-0.3, -0.25) is 9.59 Å². The Balaban J connectivity index is 1.99. The molecular formula is C19H25N3O2. The molecule has 1 aliphatic carbocycles. The van der Waals surface area contributed by atoms with Crippen molar-refractivity contribution in [2.24, 2.45) is 11.7 Å². The van der Waals surface area contributed by atoms with E-state index in [1.807, 2.05) is 0 Å². The number of anilines is 1. The Hall–Kier alpha value is -2.40. The van der Waals surface area contributed by atoms with Crippen molar-refractivity contribution >= 4 is 17.5 Å². The second-order valence-corrected chi connectivity index (χ2v) is 6.12. The largest absolute Gasteiger partial charge is 0.331 e. The standard InChI is InChI=1S/C19H25N3O2/c1-3-11-22(12-4-2)19(24)14-6-9-17(10-7-14)21-18(23)15-5-8-16(20)13-15/h3-4,6-7,9-10,15-16H,1-2,5,8,11-13,20H2,(H,21,23). The monoisotopic (exact) mass is 327 g/mol. The molecule has 1 saturated carbocycles. The predicted molar refractivity (Wildman–Crippen MR) is 96.7 cm³/mol. The number of hydrogen-bond acceptors (Lipinski definition) is 3. The number of amides is 2. The molecule has 1 aromatic rings. The Morgan fingerprint density at radius 3 is 2.29 bits per heavy atom. The minimum Gasteiger partial charge on any atom is -0.331 e. The summed E-state index contributed by atoms with van der Waals surface area (Å²) in [6.07, 6.45) is 5.83. The van der Waals surface area contributed by atoms with Crippen LogP contribution < -0.4 is 11.1 Å². The maximum Gasteiger partial charge on any atom is 0.254 e. The quantitative estimate of drug-likeness (QED) is 0.756. The van der Waals surface area contributed by atoms with Crippen LogP contribution in [0.4, 0.5) is 5.69 Å². The molecule has 2 rings (SSSR count). The fraction of sp³-hybridized carbons (Fsp3) is 0.368. The van der Waals surface area contributed by atoms with Crippen LogP contribution in [0.1, 0.15) is 29.6 Å². The molecule has 3 N–H and O–H groups in total. The molecule has 0 saturated heterocycles.